The smallest absolute Gasteiger partial charge is 0.163 e. The van der Waals surface area contributed by atoms with Gasteiger partial charge in [0.15, 0.2) is 5.78 Å². The second kappa shape index (κ2) is 6.34. The molecule has 2 rings (SSSR count). The number of pyridine rings is 1. The molecule has 0 unspecified atom stereocenters. The third-order valence-electron chi connectivity index (χ3n) is 2.69. The summed E-state index contributed by atoms with van der Waals surface area (Å²) in [6.07, 6.45) is 4.28. The molecule has 0 bridgehead atoms. The van der Waals surface area contributed by atoms with Crippen LogP contribution < -0.4 is 4.74 Å². The molecular formula is C15H14ClNO2. The minimum Gasteiger partial charge on any atom is -0.492 e. The molecule has 0 atom stereocenters. The molecule has 1 aromatic heterocycles. The molecule has 0 N–H and O–H groups in total. The molecule has 0 amide bonds. The Morgan fingerprint density at radius 3 is 2.89 bits per heavy atom. The Hall–Kier alpha value is -1.87. The predicted octanol–water partition coefficient (Wildman–Crippen LogP) is 3.56. The van der Waals surface area contributed by atoms with E-state index >= 15 is 0 Å². The number of hydrogen-bond acceptors (Lipinski definition) is 3. The van der Waals surface area contributed by atoms with Crippen LogP contribution in [0.15, 0.2) is 42.7 Å². The zero-order valence-electron chi connectivity index (χ0n) is 10.6. The van der Waals surface area contributed by atoms with Crippen LogP contribution in [-0.2, 0) is 6.42 Å². The Balaban J connectivity index is 2.02. The Bertz CT molecular complexity index is 570. The van der Waals surface area contributed by atoms with E-state index in [4.69, 9.17) is 16.3 Å². The zero-order valence-corrected chi connectivity index (χ0v) is 11.4. The second-order valence-corrected chi connectivity index (χ2v) is 4.59. The molecule has 0 saturated heterocycles. The summed E-state index contributed by atoms with van der Waals surface area (Å²) in [5.41, 5.74) is 1.61. The van der Waals surface area contributed by atoms with Crippen molar-refractivity contribution in [3.8, 4) is 5.75 Å². The van der Waals surface area contributed by atoms with E-state index in [2.05, 4.69) is 4.98 Å². The van der Waals surface area contributed by atoms with Crippen molar-refractivity contribution in [2.24, 2.45) is 0 Å². The maximum Gasteiger partial charge on any atom is 0.163 e. The Morgan fingerprint density at radius 1 is 1.37 bits per heavy atom. The van der Waals surface area contributed by atoms with Gasteiger partial charge in [-0.15, -0.1) is 0 Å². The highest BCUT2D eigenvalue weighted by atomic mass is 35.5. The highest BCUT2D eigenvalue weighted by molar-refractivity contribution is 6.31. The van der Waals surface area contributed by atoms with E-state index < -0.39 is 0 Å². The lowest BCUT2D eigenvalue weighted by molar-refractivity contribution is 0.101. The number of carbonyl (C=O) groups is 1. The van der Waals surface area contributed by atoms with Crippen LogP contribution in [0, 0.1) is 0 Å². The maximum atomic E-state index is 11.5. The van der Waals surface area contributed by atoms with Gasteiger partial charge in [0.05, 0.1) is 12.2 Å². The number of nitrogens with zero attached hydrogens (tertiary/aromatic N) is 1. The van der Waals surface area contributed by atoms with Crippen LogP contribution in [0.25, 0.3) is 0 Å². The predicted molar refractivity (Wildman–Crippen MR) is 74.9 cm³/mol. The van der Waals surface area contributed by atoms with E-state index in [1.165, 1.54) is 6.92 Å². The lowest BCUT2D eigenvalue weighted by Crippen LogP contribution is -2.05. The first-order valence-corrected chi connectivity index (χ1v) is 6.37. The van der Waals surface area contributed by atoms with E-state index in [0.29, 0.717) is 22.9 Å². The van der Waals surface area contributed by atoms with Crippen LogP contribution >= 0.6 is 11.6 Å². The van der Waals surface area contributed by atoms with Crippen molar-refractivity contribution in [3.63, 3.8) is 0 Å². The molecule has 0 saturated carbocycles. The number of ether oxygens (including phenoxy) is 1. The van der Waals surface area contributed by atoms with Gasteiger partial charge in [-0.25, -0.2) is 0 Å². The highest BCUT2D eigenvalue weighted by Crippen LogP contribution is 2.23. The summed E-state index contributed by atoms with van der Waals surface area (Å²) >= 11 is 5.87. The summed E-state index contributed by atoms with van der Waals surface area (Å²) in [6, 6.07) is 8.95. The number of Topliss-reactive ketones (excluding diaryl/α,β-unsaturated/α-hetero) is 1. The SMILES string of the molecule is CC(=O)c1cc(Cl)ccc1OCCc1cccnc1. The van der Waals surface area contributed by atoms with Crippen LogP contribution in [0.4, 0.5) is 0 Å². The zero-order chi connectivity index (χ0) is 13.7. The van der Waals surface area contributed by atoms with Crippen LogP contribution in [0.2, 0.25) is 5.02 Å². The van der Waals surface area contributed by atoms with E-state index in [1.807, 2.05) is 12.1 Å². The summed E-state index contributed by atoms with van der Waals surface area (Å²) in [4.78, 5) is 15.5. The third kappa shape index (κ3) is 3.80. The van der Waals surface area contributed by atoms with Crippen LogP contribution in [0.3, 0.4) is 0 Å². The van der Waals surface area contributed by atoms with Gasteiger partial charge in [-0.2, -0.15) is 0 Å². The van der Waals surface area contributed by atoms with Gasteiger partial charge in [-0.3, -0.25) is 9.78 Å². The van der Waals surface area contributed by atoms with Crippen molar-refractivity contribution in [2.75, 3.05) is 6.61 Å². The van der Waals surface area contributed by atoms with Crippen LogP contribution in [0.5, 0.6) is 5.75 Å². The Labute approximate surface area is 117 Å². The van der Waals surface area contributed by atoms with Crippen LogP contribution in [-0.4, -0.2) is 17.4 Å². The summed E-state index contributed by atoms with van der Waals surface area (Å²) in [5, 5.41) is 0.532. The highest BCUT2D eigenvalue weighted by Gasteiger charge is 2.09. The van der Waals surface area contributed by atoms with E-state index in [-0.39, 0.29) is 5.78 Å². The molecule has 4 heteroatoms. The molecule has 2 aromatic rings. The van der Waals surface area contributed by atoms with Crippen molar-refractivity contribution in [1.82, 2.24) is 4.98 Å². The van der Waals surface area contributed by atoms with Crippen molar-refractivity contribution < 1.29 is 9.53 Å². The minimum absolute atomic E-state index is 0.0566. The van der Waals surface area contributed by atoms with E-state index in [1.54, 1.807) is 30.6 Å². The van der Waals surface area contributed by atoms with Gasteiger partial charge in [-0.05, 0) is 36.8 Å². The molecular weight excluding hydrogens is 262 g/mol. The van der Waals surface area contributed by atoms with Gasteiger partial charge in [0, 0.05) is 23.8 Å². The first-order chi connectivity index (χ1) is 9.16. The van der Waals surface area contributed by atoms with Gasteiger partial charge < -0.3 is 4.74 Å². The first kappa shape index (κ1) is 13.6. The number of ketones is 1. The summed E-state index contributed by atoms with van der Waals surface area (Å²) in [5.74, 6) is 0.514. The normalized spacial score (nSPS) is 10.2. The number of benzene rings is 1. The van der Waals surface area contributed by atoms with Crippen molar-refractivity contribution >= 4 is 17.4 Å². The Morgan fingerprint density at radius 2 is 2.21 bits per heavy atom. The second-order valence-electron chi connectivity index (χ2n) is 4.16. The molecule has 3 nitrogen and oxygen atoms in total. The molecule has 1 aromatic carbocycles. The van der Waals surface area contributed by atoms with Gasteiger partial charge >= 0.3 is 0 Å². The standard InChI is InChI=1S/C15H14ClNO2/c1-11(18)14-9-13(16)4-5-15(14)19-8-6-12-3-2-7-17-10-12/h2-5,7,9-10H,6,8H2,1H3. The van der Waals surface area contributed by atoms with E-state index in [0.717, 1.165) is 12.0 Å². The number of aromatic nitrogens is 1. The molecule has 19 heavy (non-hydrogen) atoms. The van der Waals surface area contributed by atoms with E-state index in [9.17, 15) is 4.79 Å². The molecule has 1 heterocycles. The Kier molecular flexibility index (Phi) is 4.53. The average molecular weight is 276 g/mol. The largest absolute Gasteiger partial charge is 0.492 e. The average Bonchev–Trinajstić information content (AvgIpc) is 2.41. The van der Waals surface area contributed by atoms with Gasteiger partial charge in [0.1, 0.15) is 5.75 Å². The quantitative estimate of drug-likeness (QED) is 0.783. The van der Waals surface area contributed by atoms with Gasteiger partial charge in [0.25, 0.3) is 0 Å². The molecule has 98 valence electrons. The minimum atomic E-state index is -0.0566. The lowest BCUT2D eigenvalue weighted by atomic mass is 10.1. The fraction of sp³-hybridized carbons (Fsp3) is 0.200. The fourth-order valence-electron chi connectivity index (χ4n) is 1.73. The third-order valence-corrected chi connectivity index (χ3v) is 2.93. The fourth-order valence-corrected chi connectivity index (χ4v) is 1.90. The van der Waals surface area contributed by atoms with Gasteiger partial charge in [0.2, 0.25) is 0 Å². The number of halogens is 1. The number of hydrogen-bond donors (Lipinski definition) is 0. The molecule has 0 fully saturated rings. The summed E-state index contributed by atoms with van der Waals surface area (Å²) < 4.78 is 5.65. The molecule has 0 aliphatic rings. The van der Waals surface area contributed by atoms with Crippen molar-refractivity contribution in [2.45, 2.75) is 13.3 Å². The van der Waals surface area contributed by atoms with Gasteiger partial charge in [-0.1, -0.05) is 17.7 Å². The first-order valence-electron chi connectivity index (χ1n) is 5.99. The van der Waals surface area contributed by atoms with Crippen LogP contribution in [0.1, 0.15) is 22.8 Å². The molecule has 0 radical (unpaired) electrons. The maximum absolute atomic E-state index is 11.5. The summed E-state index contributed by atoms with van der Waals surface area (Å²) in [7, 11) is 0. The molecule has 0 aliphatic heterocycles. The van der Waals surface area contributed by atoms with Crippen molar-refractivity contribution in [1.29, 1.82) is 0 Å². The number of rotatable bonds is 5. The number of carbonyl (C=O) groups excluding carboxylic acids is 1. The monoisotopic (exact) mass is 275 g/mol. The molecule has 0 spiro atoms. The summed E-state index contributed by atoms with van der Waals surface area (Å²) in [6.45, 7) is 1.99. The molecule has 0 aliphatic carbocycles. The van der Waals surface area contributed by atoms with Crippen molar-refractivity contribution in [3.05, 3.63) is 58.9 Å². The lowest BCUT2D eigenvalue weighted by Gasteiger charge is -2.10. The topological polar surface area (TPSA) is 39.2 Å².